The first-order valence-electron chi connectivity index (χ1n) is 4.67. The Hall–Kier alpha value is -1.35. The van der Waals surface area contributed by atoms with Crippen molar-refractivity contribution in [1.29, 1.82) is 0 Å². The number of hydrogen-bond donors (Lipinski definition) is 1. The van der Waals surface area contributed by atoms with Gasteiger partial charge in [-0.3, -0.25) is 4.98 Å². The van der Waals surface area contributed by atoms with Crippen molar-refractivity contribution in [2.24, 2.45) is 0 Å². The highest BCUT2D eigenvalue weighted by atomic mass is 16.5. The first-order valence-corrected chi connectivity index (χ1v) is 4.67. The van der Waals surface area contributed by atoms with Gasteiger partial charge in [-0.1, -0.05) is 12.2 Å². The molecule has 3 heteroatoms. The summed E-state index contributed by atoms with van der Waals surface area (Å²) in [6.07, 6.45) is 8.71. The number of nitrogens with zero attached hydrogens (tertiary/aromatic N) is 1. The van der Waals surface area contributed by atoms with Crippen molar-refractivity contribution in [2.75, 3.05) is 20.7 Å². The number of pyridine rings is 1. The van der Waals surface area contributed by atoms with Crippen LogP contribution in [0, 0.1) is 0 Å². The molecule has 1 rings (SSSR count). The van der Waals surface area contributed by atoms with E-state index in [2.05, 4.69) is 16.4 Å². The van der Waals surface area contributed by atoms with E-state index in [0.29, 0.717) is 0 Å². The zero-order valence-electron chi connectivity index (χ0n) is 8.66. The van der Waals surface area contributed by atoms with E-state index in [-0.39, 0.29) is 0 Å². The van der Waals surface area contributed by atoms with Gasteiger partial charge in [0.05, 0.1) is 13.3 Å². The fourth-order valence-corrected chi connectivity index (χ4v) is 1.09. The largest absolute Gasteiger partial charge is 0.495 e. The summed E-state index contributed by atoms with van der Waals surface area (Å²) in [5.74, 6) is 0.792. The summed E-state index contributed by atoms with van der Waals surface area (Å²) in [6.45, 7) is 0.994. The molecule has 1 heterocycles. The van der Waals surface area contributed by atoms with E-state index in [9.17, 15) is 0 Å². The average molecular weight is 192 g/mol. The minimum atomic E-state index is 0.792. The molecule has 0 aliphatic heterocycles. The molecule has 0 bridgehead atoms. The SMILES string of the molecule is CNCC/C=C/c1cncc(OC)c1. The van der Waals surface area contributed by atoms with Crippen LogP contribution in [0.2, 0.25) is 0 Å². The topological polar surface area (TPSA) is 34.2 Å². The van der Waals surface area contributed by atoms with E-state index in [4.69, 9.17) is 4.74 Å². The van der Waals surface area contributed by atoms with Crippen LogP contribution in [0.4, 0.5) is 0 Å². The van der Waals surface area contributed by atoms with Crippen LogP contribution in [-0.4, -0.2) is 25.7 Å². The number of ether oxygens (including phenoxy) is 1. The van der Waals surface area contributed by atoms with E-state index in [1.54, 1.807) is 13.3 Å². The molecule has 14 heavy (non-hydrogen) atoms. The first-order chi connectivity index (χ1) is 6.86. The van der Waals surface area contributed by atoms with Crippen LogP contribution in [-0.2, 0) is 0 Å². The molecular formula is C11H16N2O. The van der Waals surface area contributed by atoms with Crippen molar-refractivity contribution in [1.82, 2.24) is 10.3 Å². The zero-order chi connectivity index (χ0) is 10.2. The maximum atomic E-state index is 5.07. The van der Waals surface area contributed by atoms with Crippen LogP contribution >= 0.6 is 0 Å². The van der Waals surface area contributed by atoms with Crippen molar-refractivity contribution in [3.63, 3.8) is 0 Å². The number of hydrogen-bond acceptors (Lipinski definition) is 3. The summed E-state index contributed by atoms with van der Waals surface area (Å²) < 4.78 is 5.07. The third-order valence-corrected chi connectivity index (χ3v) is 1.84. The molecule has 0 saturated carbocycles. The van der Waals surface area contributed by atoms with Crippen molar-refractivity contribution < 1.29 is 4.74 Å². The van der Waals surface area contributed by atoms with Crippen molar-refractivity contribution in [2.45, 2.75) is 6.42 Å². The highest BCUT2D eigenvalue weighted by Gasteiger charge is 1.91. The van der Waals surface area contributed by atoms with Gasteiger partial charge in [0, 0.05) is 6.20 Å². The van der Waals surface area contributed by atoms with E-state index in [1.807, 2.05) is 25.4 Å². The second-order valence-electron chi connectivity index (χ2n) is 2.95. The molecular weight excluding hydrogens is 176 g/mol. The quantitative estimate of drug-likeness (QED) is 0.721. The second kappa shape index (κ2) is 6.16. The van der Waals surface area contributed by atoms with Crippen LogP contribution in [0.25, 0.3) is 6.08 Å². The lowest BCUT2D eigenvalue weighted by molar-refractivity contribution is 0.413. The summed E-state index contributed by atoms with van der Waals surface area (Å²) in [5, 5.41) is 3.08. The number of rotatable bonds is 5. The number of methoxy groups -OCH3 is 1. The van der Waals surface area contributed by atoms with E-state index in [1.165, 1.54) is 0 Å². The number of nitrogens with one attached hydrogen (secondary N) is 1. The Labute approximate surface area is 84.8 Å². The summed E-state index contributed by atoms with van der Waals surface area (Å²) in [4.78, 5) is 4.06. The minimum absolute atomic E-state index is 0.792. The van der Waals surface area contributed by atoms with Gasteiger partial charge in [0.1, 0.15) is 5.75 Å². The molecule has 0 aliphatic rings. The van der Waals surface area contributed by atoms with E-state index >= 15 is 0 Å². The molecule has 1 N–H and O–H groups in total. The van der Waals surface area contributed by atoms with Crippen LogP contribution in [0.15, 0.2) is 24.5 Å². The highest BCUT2D eigenvalue weighted by Crippen LogP contribution is 2.11. The molecule has 0 fully saturated rings. The molecule has 3 nitrogen and oxygen atoms in total. The van der Waals surface area contributed by atoms with Crippen molar-refractivity contribution in [3.8, 4) is 5.75 Å². The van der Waals surface area contributed by atoms with Gasteiger partial charge in [0.25, 0.3) is 0 Å². The Kier molecular flexibility index (Phi) is 4.72. The van der Waals surface area contributed by atoms with Gasteiger partial charge in [-0.2, -0.15) is 0 Å². The van der Waals surface area contributed by atoms with Gasteiger partial charge in [-0.25, -0.2) is 0 Å². The fourth-order valence-electron chi connectivity index (χ4n) is 1.09. The summed E-state index contributed by atoms with van der Waals surface area (Å²) >= 11 is 0. The molecule has 0 spiro atoms. The summed E-state index contributed by atoms with van der Waals surface area (Å²) in [6, 6.07) is 1.96. The summed E-state index contributed by atoms with van der Waals surface area (Å²) in [7, 11) is 3.59. The van der Waals surface area contributed by atoms with Gasteiger partial charge >= 0.3 is 0 Å². The first kappa shape index (κ1) is 10.7. The molecule has 0 atom stereocenters. The van der Waals surface area contributed by atoms with Crippen LogP contribution in [0.5, 0.6) is 5.75 Å². The predicted octanol–water partition coefficient (Wildman–Crippen LogP) is 1.71. The van der Waals surface area contributed by atoms with E-state index < -0.39 is 0 Å². The molecule has 1 aromatic heterocycles. The van der Waals surface area contributed by atoms with Crippen molar-refractivity contribution >= 4 is 6.08 Å². The Morgan fingerprint density at radius 2 is 2.36 bits per heavy atom. The molecule has 1 aromatic rings. The lowest BCUT2D eigenvalue weighted by Crippen LogP contribution is -2.05. The maximum Gasteiger partial charge on any atom is 0.137 e. The standard InChI is InChI=1S/C11H16N2O/c1-12-6-4-3-5-10-7-11(14-2)9-13-8-10/h3,5,7-9,12H,4,6H2,1-2H3/b5-3+. The Morgan fingerprint density at radius 3 is 3.07 bits per heavy atom. The third-order valence-electron chi connectivity index (χ3n) is 1.84. The predicted molar refractivity (Wildman–Crippen MR) is 58.4 cm³/mol. The Morgan fingerprint density at radius 1 is 1.50 bits per heavy atom. The molecule has 0 aliphatic carbocycles. The van der Waals surface area contributed by atoms with Gasteiger partial charge < -0.3 is 10.1 Å². The smallest absolute Gasteiger partial charge is 0.137 e. The molecule has 0 amide bonds. The zero-order valence-corrected chi connectivity index (χ0v) is 8.66. The van der Waals surface area contributed by atoms with E-state index in [0.717, 1.165) is 24.3 Å². The van der Waals surface area contributed by atoms with Crippen molar-refractivity contribution in [3.05, 3.63) is 30.1 Å². The Balaban J connectivity index is 2.53. The maximum absolute atomic E-state index is 5.07. The molecule has 0 saturated heterocycles. The molecule has 76 valence electrons. The second-order valence-corrected chi connectivity index (χ2v) is 2.95. The molecule has 0 radical (unpaired) electrons. The third kappa shape index (κ3) is 3.58. The van der Waals surface area contributed by atoms with Gasteiger partial charge in [-0.15, -0.1) is 0 Å². The highest BCUT2D eigenvalue weighted by molar-refractivity contribution is 5.49. The average Bonchev–Trinajstić information content (AvgIpc) is 2.25. The fraction of sp³-hybridized carbons (Fsp3) is 0.364. The van der Waals surface area contributed by atoms with Gasteiger partial charge in [0.2, 0.25) is 0 Å². The monoisotopic (exact) mass is 192 g/mol. The summed E-state index contributed by atoms with van der Waals surface area (Å²) in [5.41, 5.74) is 1.07. The lowest BCUT2D eigenvalue weighted by atomic mass is 10.2. The Bertz CT molecular complexity index is 297. The number of aromatic nitrogens is 1. The van der Waals surface area contributed by atoms with Crippen LogP contribution in [0.1, 0.15) is 12.0 Å². The van der Waals surface area contributed by atoms with Crippen LogP contribution < -0.4 is 10.1 Å². The lowest BCUT2D eigenvalue weighted by Gasteiger charge is -1.99. The molecule has 0 aromatic carbocycles. The van der Waals surface area contributed by atoms with Crippen LogP contribution in [0.3, 0.4) is 0 Å². The molecule has 0 unspecified atom stereocenters. The normalized spacial score (nSPS) is 10.7. The van der Waals surface area contributed by atoms with Gasteiger partial charge in [-0.05, 0) is 31.6 Å². The van der Waals surface area contributed by atoms with Gasteiger partial charge in [0.15, 0.2) is 0 Å². The minimum Gasteiger partial charge on any atom is -0.495 e.